The van der Waals surface area contributed by atoms with Gasteiger partial charge in [-0.1, -0.05) is 102 Å². The molecule has 0 spiro atoms. The van der Waals surface area contributed by atoms with Crippen LogP contribution in [0.1, 0.15) is 96.8 Å². The lowest BCUT2D eigenvalue weighted by Crippen LogP contribution is -2.09. The number of anilines is 4. The number of unbranched alkanes of at least 4 members (excludes halogenated alkanes) is 13. The molecule has 1 aromatic heterocycles. The number of nitrogens with one attached hydrogen (secondary N) is 2. The van der Waals surface area contributed by atoms with E-state index in [1.807, 2.05) is 0 Å². The molecule has 0 atom stereocenters. The number of nitrogens with two attached hydrogens (primary N) is 1. The van der Waals surface area contributed by atoms with Crippen LogP contribution in [0.25, 0.3) is 0 Å². The molecular weight excluding hydrogens is 446 g/mol. The average molecular weight is 490 g/mol. The maximum atomic E-state index is 6.30. The molecule has 2 aromatic rings. The standard InChI is InChI=1S/C27H44ClN5O/c1-3-4-5-6-7-8-9-10-11-12-13-14-15-16-19-30-26-25(29)27(32-21-31-26)33-23-20-22(28)17-18-24(23)34-2/h17-18,20-21H,3-16,19,29H2,1-2H3,(H2,30,31,32,33). The van der Waals surface area contributed by atoms with Gasteiger partial charge in [-0.3, -0.25) is 0 Å². The van der Waals surface area contributed by atoms with Crippen molar-refractivity contribution in [2.24, 2.45) is 0 Å². The van der Waals surface area contributed by atoms with Gasteiger partial charge in [-0.05, 0) is 24.6 Å². The SMILES string of the molecule is CCCCCCCCCCCCCCCCNc1ncnc(Nc2cc(Cl)ccc2OC)c1N. The predicted octanol–water partition coefficient (Wildman–Crippen LogP) is 8.36. The molecule has 0 aliphatic rings. The molecule has 2 rings (SSSR count). The van der Waals surface area contributed by atoms with Crippen molar-refractivity contribution in [3.63, 3.8) is 0 Å². The van der Waals surface area contributed by atoms with Gasteiger partial charge in [0.25, 0.3) is 0 Å². The number of benzene rings is 1. The highest BCUT2D eigenvalue weighted by Crippen LogP contribution is 2.33. The fraction of sp³-hybridized carbons (Fsp3) is 0.630. The molecule has 1 heterocycles. The van der Waals surface area contributed by atoms with Gasteiger partial charge >= 0.3 is 0 Å². The lowest BCUT2D eigenvalue weighted by Gasteiger charge is -2.14. The number of hydrogen-bond acceptors (Lipinski definition) is 6. The fourth-order valence-corrected chi connectivity index (χ4v) is 4.24. The van der Waals surface area contributed by atoms with Crippen LogP contribution in [0.15, 0.2) is 24.5 Å². The van der Waals surface area contributed by atoms with Crippen LogP contribution in [0.4, 0.5) is 23.0 Å². The molecule has 190 valence electrons. The van der Waals surface area contributed by atoms with E-state index >= 15 is 0 Å². The highest BCUT2D eigenvalue weighted by Gasteiger charge is 2.11. The summed E-state index contributed by atoms with van der Waals surface area (Å²) in [5.74, 6) is 1.84. The number of hydrogen-bond donors (Lipinski definition) is 3. The molecule has 0 radical (unpaired) electrons. The first-order valence-electron chi connectivity index (χ1n) is 13.1. The van der Waals surface area contributed by atoms with Gasteiger partial charge in [-0.25, -0.2) is 9.97 Å². The van der Waals surface area contributed by atoms with Crippen LogP contribution in [0, 0.1) is 0 Å². The van der Waals surface area contributed by atoms with Crippen LogP contribution in [0.3, 0.4) is 0 Å². The zero-order valence-electron chi connectivity index (χ0n) is 21.2. The van der Waals surface area contributed by atoms with Crippen molar-refractivity contribution in [2.45, 2.75) is 96.8 Å². The first kappa shape index (κ1) is 28.0. The van der Waals surface area contributed by atoms with Gasteiger partial charge in [0, 0.05) is 11.6 Å². The highest BCUT2D eigenvalue weighted by atomic mass is 35.5. The van der Waals surface area contributed by atoms with Gasteiger partial charge in [0.05, 0.1) is 12.8 Å². The minimum Gasteiger partial charge on any atom is -0.495 e. The van der Waals surface area contributed by atoms with Gasteiger partial charge in [-0.15, -0.1) is 0 Å². The van der Waals surface area contributed by atoms with E-state index in [0.29, 0.717) is 33.8 Å². The quantitative estimate of drug-likeness (QED) is 0.172. The Hall–Kier alpha value is -2.21. The van der Waals surface area contributed by atoms with Gasteiger partial charge < -0.3 is 21.1 Å². The first-order chi connectivity index (χ1) is 16.7. The topological polar surface area (TPSA) is 85.1 Å². The largest absolute Gasteiger partial charge is 0.495 e. The lowest BCUT2D eigenvalue weighted by molar-refractivity contribution is 0.417. The zero-order valence-corrected chi connectivity index (χ0v) is 21.9. The molecule has 0 amide bonds. The van der Waals surface area contributed by atoms with Crippen LogP contribution >= 0.6 is 11.6 Å². The van der Waals surface area contributed by atoms with Gasteiger partial charge in [0.15, 0.2) is 11.6 Å². The Labute approximate surface area is 211 Å². The Morgan fingerprint density at radius 1 is 0.824 bits per heavy atom. The van der Waals surface area contributed by atoms with E-state index in [-0.39, 0.29) is 0 Å². The van der Waals surface area contributed by atoms with E-state index < -0.39 is 0 Å². The van der Waals surface area contributed by atoms with Crippen LogP contribution in [0.5, 0.6) is 5.75 Å². The molecule has 0 unspecified atom stereocenters. The Kier molecular flexibility index (Phi) is 14.2. The third-order valence-corrected chi connectivity index (χ3v) is 6.36. The average Bonchev–Trinajstić information content (AvgIpc) is 2.84. The van der Waals surface area contributed by atoms with Gasteiger partial charge in [-0.2, -0.15) is 0 Å². The van der Waals surface area contributed by atoms with Gasteiger partial charge in [0.1, 0.15) is 17.8 Å². The molecule has 0 saturated carbocycles. The molecule has 0 fully saturated rings. The van der Waals surface area contributed by atoms with Crippen LogP contribution in [0.2, 0.25) is 5.02 Å². The minimum absolute atomic E-state index is 0.481. The molecule has 7 heteroatoms. The summed E-state index contributed by atoms with van der Waals surface area (Å²) >= 11 is 6.12. The van der Waals surface area contributed by atoms with Crippen LogP contribution < -0.4 is 21.1 Å². The van der Waals surface area contributed by atoms with Gasteiger partial charge in [0.2, 0.25) is 0 Å². The molecule has 0 bridgehead atoms. The number of nitrogens with zero attached hydrogens (tertiary/aromatic N) is 2. The van der Waals surface area contributed by atoms with Crippen molar-refractivity contribution in [2.75, 3.05) is 30.0 Å². The summed E-state index contributed by atoms with van der Waals surface area (Å²) in [7, 11) is 1.61. The molecule has 34 heavy (non-hydrogen) atoms. The van der Waals surface area contributed by atoms with E-state index in [0.717, 1.165) is 13.0 Å². The number of aromatic nitrogens is 2. The Balaban J connectivity index is 1.58. The summed E-state index contributed by atoms with van der Waals surface area (Å²) in [5.41, 5.74) is 7.49. The molecule has 4 N–H and O–H groups in total. The van der Waals surface area contributed by atoms with E-state index in [4.69, 9.17) is 22.1 Å². The molecule has 0 aliphatic heterocycles. The third kappa shape index (κ3) is 10.8. The second-order valence-electron chi connectivity index (χ2n) is 8.98. The predicted molar refractivity (Wildman–Crippen MR) is 147 cm³/mol. The fourth-order valence-electron chi connectivity index (χ4n) is 4.07. The van der Waals surface area contributed by atoms with E-state index in [1.165, 1.54) is 89.8 Å². The lowest BCUT2D eigenvalue weighted by atomic mass is 10.0. The molecule has 1 aromatic carbocycles. The van der Waals surface area contributed by atoms with E-state index in [1.54, 1.807) is 25.3 Å². The molecule has 0 saturated heterocycles. The summed E-state index contributed by atoms with van der Waals surface area (Å²) in [6.07, 6.45) is 20.5. The van der Waals surface area contributed by atoms with E-state index in [2.05, 4.69) is 27.5 Å². The van der Waals surface area contributed by atoms with Crippen molar-refractivity contribution in [3.8, 4) is 5.75 Å². The van der Waals surface area contributed by atoms with Crippen LogP contribution in [-0.4, -0.2) is 23.6 Å². The minimum atomic E-state index is 0.481. The van der Waals surface area contributed by atoms with Crippen molar-refractivity contribution in [1.29, 1.82) is 0 Å². The number of rotatable bonds is 19. The monoisotopic (exact) mass is 489 g/mol. The second-order valence-corrected chi connectivity index (χ2v) is 9.41. The smallest absolute Gasteiger partial charge is 0.159 e. The number of methoxy groups -OCH3 is 1. The van der Waals surface area contributed by atoms with Crippen molar-refractivity contribution in [1.82, 2.24) is 9.97 Å². The maximum absolute atomic E-state index is 6.30. The number of ether oxygens (including phenoxy) is 1. The summed E-state index contributed by atoms with van der Waals surface area (Å²) in [5, 5.41) is 7.15. The third-order valence-electron chi connectivity index (χ3n) is 6.12. The zero-order chi connectivity index (χ0) is 24.4. The number of nitrogen functional groups attached to an aromatic ring is 1. The van der Waals surface area contributed by atoms with Crippen molar-refractivity contribution in [3.05, 3.63) is 29.5 Å². The highest BCUT2D eigenvalue weighted by molar-refractivity contribution is 6.31. The first-order valence-corrected chi connectivity index (χ1v) is 13.5. The molecule has 0 aliphatic carbocycles. The van der Waals surface area contributed by atoms with Crippen molar-refractivity contribution < 1.29 is 4.74 Å². The Morgan fingerprint density at radius 3 is 1.97 bits per heavy atom. The summed E-state index contributed by atoms with van der Waals surface area (Å²) in [6, 6.07) is 5.36. The summed E-state index contributed by atoms with van der Waals surface area (Å²) in [6.45, 7) is 3.12. The maximum Gasteiger partial charge on any atom is 0.159 e. The molecular formula is C27H44ClN5O. The normalized spacial score (nSPS) is 10.9. The van der Waals surface area contributed by atoms with Crippen LogP contribution in [-0.2, 0) is 0 Å². The summed E-state index contributed by atoms with van der Waals surface area (Å²) in [4.78, 5) is 8.57. The Morgan fingerprint density at radius 2 is 1.38 bits per heavy atom. The Bertz CT molecular complexity index is 818. The number of halogens is 1. The molecule has 6 nitrogen and oxygen atoms in total. The second kappa shape index (κ2) is 17.3. The summed E-state index contributed by atoms with van der Waals surface area (Å²) < 4.78 is 5.38. The van der Waals surface area contributed by atoms with E-state index in [9.17, 15) is 0 Å². The van der Waals surface area contributed by atoms with Crippen molar-refractivity contribution >= 4 is 34.6 Å².